The molecule has 0 saturated heterocycles. The van der Waals surface area contributed by atoms with Crippen LogP contribution in [0.5, 0.6) is 0 Å². The molecular formula is C14H13NOS. The molecule has 2 nitrogen and oxygen atoms in total. The molecule has 17 heavy (non-hydrogen) atoms. The van der Waals surface area contributed by atoms with Crippen molar-refractivity contribution in [1.82, 2.24) is 0 Å². The second kappa shape index (κ2) is 3.97. The van der Waals surface area contributed by atoms with Crippen molar-refractivity contribution in [1.29, 1.82) is 0 Å². The molecule has 0 bridgehead atoms. The molecule has 0 radical (unpaired) electrons. The molecule has 1 aliphatic carbocycles. The van der Waals surface area contributed by atoms with Gasteiger partial charge in [0.25, 0.3) is 0 Å². The summed E-state index contributed by atoms with van der Waals surface area (Å²) in [6.45, 7) is 14.7. The molecule has 0 atom stereocenters. The fourth-order valence-corrected chi connectivity index (χ4v) is 3.05. The van der Waals surface area contributed by atoms with Crippen LogP contribution in [0.4, 0.5) is 0 Å². The van der Waals surface area contributed by atoms with Gasteiger partial charge < -0.3 is 0 Å². The second-order valence-electron chi connectivity index (χ2n) is 4.36. The minimum Gasteiger partial charge on any atom is -0.289 e. The zero-order valence-electron chi connectivity index (χ0n) is 10.3. The molecule has 1 aromatic rings. The third-order valence-electron chi connectivity index (χ3n) is 2.98. The van der Waals surface area contributed by atoms with Crippen LogP contribution < -0.4 is 0 Å². The average Bonchev–Trinajstić information content (AvgIpc) is 2.78. The highest BCUT2D eigenvalue weighted by atomic mass is 32.1. The Hall–Kier alpha value is -1.66. The van der Waals surface area contributed by atoms with Crippen LogP contribution in [0.1, 0.15) is 41.6 Å². The number of carbonyl (C=O) groups is 1. The Bertz CT molecular complexity index is 619. The first-order valence-corrected chi connectivity index (χ1v) is 6.26. The molecule has 0 spiro atoms. The number of ketones is 1. The molecule has 1 aliphatic rings. The quantitative estimate of drug-likeness (QED) is 0.493. The number of hydrogen-bond acceptors (Lipinski definition) is 2. The van der Waals surface area contributed by atoms with Gasteiger partial charge in [0, 0.05) is 16.0 Å². The average molecular weight is 243 g/mol. The van der Waals surface area contributed by atoms with E-state index in [1.165, 1.54) is 0 Å². The van der Waals surface area contributed by atoms with Crippen molar-refractivity contribution < 1.29 is 4.79 Å². The Balaban J connectivity index is 2.87. The summed E-state index contributed by atoms with van der Waals surface area (Å²) in [6, 6.07) is 0. The van der Waals surface area contributed by atoms with Crippen LogP contribution >= 0.6 is 11.3 Å². The zero-order chi connectivity index (χ0) is 12.7. The van der Waals surface area contributed by atoms with Gasteiger partial charge in [-0.3, -0.25) is 4.79 Å². The van der Waals surface area contributed by atoms with Gasteiger partial charge in [-0.1, -0.05) is 5.57 Å². The van der Waals surface area contributed by atoms with E-state index in [0.29, 0.717) is 5.70 Å². The third kappa shape index (κ3) is 1.57. The molecule has 2 rings (SSSR count). The first-order valence-electron chi connectivity index (χ1n) is 5.38. The monoisotopic (exact) mass is 243 g/mol. The Morgan fingerprint density at radius 3 is 2.47 bits per heavy atom. The number of carbonyl (C=O) groups excluding carboxylic acids is 1. The standard InChI is InChI=1S/C14H13NOS/c1-7(2)11-12(8(3)15-5)10-6-17-9(4)13(10)14(11)16/h6H,1-4H3/b12-8+. The van der Waals surface area contributed by atoms with E-state index in [2.05, 4.69) is 4.85 Å². The van der Waals surface area contributed by atoms with Gasteiger partial charge in [0.15, 0.2) is 11.5 Å². The third-order valence-corrected chi connectivity index (χ3v) is 3.89. The Kier molecular flexibility index (Phi) is 2.76. The highest BCUT2D eigenvalue weighted by Crippen LogP contribution is 2.44. The van der Waals surface area contributed by atoms with Gasteiger partial charge in [0.2, 0.25) is 0 Å². The Labute approximate surface area is 105 Å². The highest BCUT2D eigenvalue weighted by Gasteiger charge is 2.34. The SMILES string of the molecule is [C-]#[N+]/C(C)=C1/C(=C(C)C)C(=O)c2c1csc2C. The van der Waals surface area contributed by atoms with E-state index in [4.69, 9.17) is 6.57 Å². The fourth-order valence-electron chi connectivity index (χ4n) is 2.20. The van der Waals surface area contributed by atoms with E-state index < -0.39 is 0 Å². The molecule has 3 heteroatoms. The van der Waals surface area contributed by atoms with Crippen LogP contribution in [0.15, 0.2) is 22.2 Å². The molecule has 0 fully saturated rings. The van der Waals surface area contributed by atoms with E-state index in [9.17, 15) is 4.79 Å². The number of thiophene rings is 1. The molecule has 0 aliphatic heterocycles. The number of rotatable bonds is 0. The lowest BCUT2D eigenvalue weighted by Crippen LogP contribution is -1.98. The lowest BCUT2D eigenvalue weighted by Gasteiger charge is -2.04. The van der Waals surface area contributed by atoms with E-state index in [1.807, 2.05) is 26.2 Å². The fraction of sp³-hybridized carbons (Fsp3) is 0.286. The molecular weight excluding hydrogens is 230 g/mol. The lowest BCUT2D eigenvalue weighted by molar-refractivity contribution is 0.104. The highest BCUT2D eigenvalue weighted by molar-refractivity contribution is 7.10. The summed E-state index contributed by atoms with van der Waals surface area (Å²) in [5.41, 5.74) is 4.88. The first-order chi connectivity index (χ1) is 7.99. The second-order valence-corrected chi connectivity index (χ2v) is 5.44. The van der Waals surface area contributed by atoms with Crippen molar-refractivity contribution in [3.05, 3.63) is 49.6 Å². The van der Waals surface area contributed by atoms with Crippen molar-refractivity contribution in [2.24, 2.45) is 0 Å². The Morgan fingerprint density at radius 1 is 1.29 bits per heavy atom. The summed E-state index contributed by atoms with van der Waals surface area (Å²) >= 11 is 1.58. The van der Waals surface area contributed by atoms with Crippen LogP contribution in [0.2, 0.25) is 0 Å². The van der Waals surface area contributed by atoms with E-state index in [0.717, 1.165) is 32.7 Å². The predicted octanol–water partition coefficient (Wildman–Crippen LogP) is 4.24. The summed E-state index contributed by atoms with van der Waals surface area (Å²) in [4.78, 5) is 16.9. The molecule has 86 valence electrons. The number of aryl methyl sites for hydroxylation is 1. The maximum atomic E-state index is 12.4. The van der Waals surface area contributed by atoms with Crippen molar-refractivity contribution in [2.75, 3.05) is 0 Å². The van der Waals surface area contributed by atoms with Crippen molar-refractivity contribution in [2.45, 2.75) is 27.7 Å². The van der Waals surface area contributed by atoms with E-state index >= 15 is 0 Å². The van der Waals surface area contributed by atoms with Crippen LogP contribution in [0.3, 0.4) is 0 Å². The van der Waals surface area contributed by atoms with Crippen LogP contribution in [0.25, 0.3) is 10.4 Å². The minimum absolute atomic E-state index is 0.0803. The van der Waals surface area contributed by atoms with Crippen molar-refractivity contribution >= 4 is 22.7 Å². The zero-order valence-corrected chi connectivity index (χ0v) is 11.2. The smallest absolute Gasteiger partial charge is 0.193 e. The molecule has 0 saturated carbocycles. The normalized spacial score (nSPS) is 16.9. The number of fused-ring (bicyclic) bond motifs is 1. The van der Waals surface area contributed by atoms with Crippen LogP contribution in [0, 0.1) is 13.5 Å². The topological polar surface area (TPSA) is 21.4 Å². The number of hydrogen-bond donors (Lipinski definition) is 0. The summed E-state index contributed by atoms with van der Waals surface area (Å²) in [5.74, 6) is 0.0803. The number of allylic oxidation sites excluding steroid dienone is 4. The molecule has 0 N–H and O–H groups in total. The first kappa shape index (κ1) is 11.8. The molecule has 1 aromatic heterocycles. The van der Waals surface area contributed by atoms with Gasteiger partial charge in [-0.2, -0.15) is 0 Å². The van der Waals surface area contributed by atoms with Crippen molar-refractivity contribution in [3.8, 4) is 0 Å². The van der Waals surface area contributed by atoms with E-state index in [1.54, 1.807) is 18.3 Å². The number of Topliss-reactive ketones (excluding diaryl/α,β-unsaturated/α-hetero) is 1. The van der Waals surface area contributed by atoms with Gasteiger partial charge in [0.05, 0.1) is 6.57 Å². The van der Waals surface area contributed by atoms with E-state index in [-0.39, 0.29) is 5.78 Å². The minimum atomic E-state index is 0.0803. The maximum absolute atomic E-state index is 12.4. The summed E-state index contributed by atoms with van der Waals surface area (Å²) in [6.07, 6.45) is 0. The largest absolute Gasteiger partial charge is 0.289 e. The van der Waals surface area contributed by atoms with Gasteiger partial charge in [-0.15, -0.1) is 11.3 Å². The molecule has 0 unspecified atom stereocenters. The molecule has 0 aromatic carbocycles. The van der Waals surface area contributed by atoms with Crippen LogP contribution in [-0.4, -0.2) is 5.78 Å². The Morgan fingerprint density at radius 2 is 1.94 bits per heavy atom. The van der Waals surface area contributed by atoms with Gasteiger partial charge in [-0.25, -0.2) is 4.85 Å². The number of nitrogens with zero attached hydrogens (tertiary/aromatic N) is 1. The van der Waals surface area contributed by atoms with Gasteiger partial charge in [-0.05, 0) is 44.2 Å². The van der Waals surface area contributed by atoms with Crippen LogP contribution in [-0.2, 0) is 0 Å². The lowest BCUT2D eigenvalue weighted by atomic mass is 10.0. The molecule has 0 amide bonds. The molecule has 1 heterocycles. The summed E-state index contributed by atoms with van der Waals surface area (Å²) < 4.78 is 0. The summed E-state index contributed by atoms with van der Waals surface area (Å²) in [5, 5.41) is 1.99. The van der Waals surface area contributed by atoms with Gasteiger partial charge in [0.1, 0.15) is 0 Å². The van der Waals surface area contributed by atoms with Gasteiger partial charge >= 0.3 is 0 Å². The summed E-state index contributed by atoms with van der Waals surface area (Å²) in [7, 11) is 0. The van der Waals surface area contributed by atoms with Crippen molar-refractivity contribution in [3.63, 3.8) is 0 Å². The maximum Gasteiger partial charge on any atom is 0.193 e. The predicted molar refractivity (Wildman–Crippen MR) is 71.0 cm³/mol.